The molecule has 0 unspecified atom stereocenters. The number of benzene rings is 2. The second kappa shape index (κ2) is 7.55. The summed E-state index contributed by atoms with van der Waals surface area (Å²) in [5.74, 6) is 1.11. The normalized spacial score (nSPS) is 16.1. The largest absolute Gasteiger partial charge is 0.490 e. The Morgan fingerprint density at radius 3 is 2.67 bits per heavy atom. The first-order chi connectivity index (χ1) is 13.2. The van der Waals surface area contributed by atoms with Crippen molar-refractivity contribution in [3.8, 4) is 17.6 Å². The molecule has 0 saturated carbocycles. The molecule has 2 aromatic rings. The standard InChI is InChI=1S/C22H20N2O3/c23-14-19(12-16-6-7-20-21(13-16)27-11-3-10-26-20)22(25)24-9-8-17-4-1-2-5-18(17)15-24/h1-2,4-7,12-13H,3,8-11,15H2/b19-12+. The minimum Gasteiger partial charge on any atom is -0.490 e. The summed E-state index contributed by atoms with van der Waals surface area (Å²) in [7, 11) is 0. The van der Waals surface area contributed by atoms with Gasteiger partial charge in [0, 0.05) is 19.5 Å². The van der Waals surface area contributed by atoms with Crippen LogP contribution in [0.1, 0.15) is 23.1 Å². The van der Waals surface area contributed by atoms with Gasteiger partial charge in [0.1, 0.15) is 11.6 Å². The molecule has 0 saturated heterocycles. The van der Waals surface area contributed by atoms with Crippen molar-refractivity contribution in [2.45, 2.75) is 19.4 Å². The molecule has 0 atom stereocenters. The summed E-state index contributed by atoms with van der Waals surface area (Å²) in [6.45, 7) is 2.38. The van der Waals surface area contributed by atoms with Crippen LogP contribution in [0.5, 0.6) is 11.5 Å². The lowest BCUT2D eigenvalue weighted by molar-refractivity contribution is -0.127. The molecule has 136 valence electrons. The highest BCUT2D eigenvalue weighted by atomic mass is 16.5. The van der Waals surface area contributed by atoms with Gasteiger partial charge in [-0.25, -0.2) is 0 Å². The fourth-order valence-corrected chi connectivity index (χ4v) is 3.42. The first-order valence-corrected chi connectivity index (χ1v) is 9.12. The molecule has 0 radical (unpaired) electrons. The lowest BCUT2D eigenvalue weighted by Gasteiger charge is -2.28. The van der Waals surface area contributed by atoms with Crippen LogP contribution in [0.15, 0.2) is 48.0 Å². The summed E-state index contributed by atoms with van der Waals surface area (Å²) in [5, 5.41) is 9.55. The van der Waals surface area contributed by atoms with Crippen LogP contribution >= 0.6 is 0 Å². The average molecular weight is 360 g/mol. The topological polar surface area (TPSA) is 62.6 Å². The molecule has 0 N–H and O–H groups in total. The summed E-state index contributed by atoms with van der Waals surface area (Å²) in [6, 6.07) is 15.7. The fraction of sp³-hybridized carbons (Fsp3) is 0.273. The van der Waals surface area contributed by atoms with Crippen LogP contribution in [-0.4, -0.2) is 30.6 Å². The summed E-state index contributed by atoms with van der Waals surface area (Å²) < 4.78 is 11.3. The Balaban J connectivity index is 1.56. The van der Waals surface area contributed by atoms with Gasteiger partial charge in [-0.05, 0) is 41.3 Å². The number of hydrogen-bond donors (Lipinski definition) is 0. The predicted octanol–water partition coefficient (Wildman–Crippen LogP) is 3.34. The van der Waals surface area contributed by atoms with E-state index in [9.17, 15) is 10.1 Å². The van der Waals surface area contributed by atoms with E-state index in [-0.39, 0.29) is 11.5 Å². The first-order valence-electron chi connectivity index (χ1n) is 9.12. The number of fused-ring (bicyclic) bond motifs is 2. The maximum Gasteiger partial charge on any atom is 0.264 e. The van der Waals surface area contributed by atoms with Crippen molar-refractivity contribution in [3.63, 3.8) is 0 Å². The van der Waals surface area contributed by atoms with E-state index in [1.54, 1.807) is 11.0 Å². The summed E-state index contributed by atoms with van der Waals surface area (Å²) in [5.41, 5.74) is 3.29. The van der Waals surface area contributed by atoms with Gasteiger partial charge in [-0.2, -0.15) is 5.26 Å². The van der Waals surface area contributed by atoms with E-state index < -0.39 is 0 Å². The van der Waals surface area contributed by atoms with Crippen LogP contribution in [0.4, 0.5) is 0 Å². The predicted molar refractivity (Wildman–Crippen MR) is 101 cm³/mol. The highest BCUT2D eigenvalue weighted by molar-refractivity contribution is 6.01. The minimum atomic E-state index is -0.237. The van der Waals surface area contributed by atoms with E-state index in [0.29, 0.717) is 37.8 Å². The molecule has 4 rings (SSSR count). The summed E-state index contributed by atoms with van der Waals surface area (Å²) >= 11 is 0. The van der Waals surface area contributed by atoms with Crippen molar-refractivity contribution in [3.05, 3.63) is 64.7 Å². The van der Waals surface area contributed by atoms with Crippen molar-refractivity contribution in [2.75, 3.05) is 19.8 Å². The van der Waals surface area contributed by atoms with E-state index in [2.05, 4.69) is 12.1 Å². The van der Waals surface area contributed by atoms with Gasteiger partial charge in [-0.15, -0.1) is 0 Å². The van der Waals surface area contributed by atoms with E-state index in [4.69, 9.17) is 9.47 Å². The zero-order valence-corrected chi connectivity index (χ0v) is 15.0. The van der Waals surface area contributed by atoms with Gasteiger partial charge in [-0.1, -0.05) is 30.3 Å². The van der Waals surface area contributed by atoms with Gasteiger partial charge >= 0.3 is 0 Å². The zero-order chi connectivity index (χ0) is 18.6. The Morgan fingerprint density at radius 1 is 1.07 bits per heavy atom. The molecule has 0 fully saturated rings. The maximum absolute atomic E-state index is 12.9. The molecule has 2 aliphatic rings. The summed E-state index contributed by atoms with van der Waals surface area (Å²) in [4.78, 5) is 14.6. The monoisotopic (exact) mass is 360 g/mol. The molecule has 1 amide bonds. The molecule has 0 bridgehead atoms. The van der Waals surface area contributed by atoms with E-state index >= 15 is 0 Å². The molecule has 0 aliphatic carbocycles. The van der Waals surface area contributed by atoms with Gasteiger partial charge in [0.25, 0.3) is 5.91 Å². The highest BCUT2D eigenvalue weighted by Gasteiger charge is 2.23. The van der Waals surface area contributed by atoms with Crippen LogP contribution in [-0.2, 0) is 17.8 Å². The number of rotatable bonds is 2. The van der Waals surface area contributed by atoms with Crippen LogP contribution in [0.2, 0.25) is 0 Å². The zero-order valence-electron chi connectivity index (χ0n) is 15.0. The van der Waals surface area contributed by atoms with Crippen LogP contribution in [0, 0.1) is 11.3 Å². The Labute approximate surface area is 158 Å². The van der Waals surface area contributed by atoms with Crippen molar-refractivity contribution < 1.29 is 14.3 Å². The Hall–Kier alpha value is -3.26. The smallest absolute Gasteiger partial charge is 0.264 e. The van der Waals surface area contributed by atoms with Crippen LogP contribution < -0.4 is 9.47 Å². The van der Waals surface area contributed by atoms with Gasteiger partial charge in [-0.3, -0.25) is 4.79 Å². The second-order valence-electron chi connectivity index (χ2n) is 6.67. The SMILES string of the molecule is N#C/C(=C\c1ccc2c(c1)OCCCO2)C(=O)N1CCc2ccccc2C1. The molecular weight excluding hydrogens is 340 g/mol. The quantitative estimate of drug-likeness (QED) is 0.609. The molecule has 0 spiro atoms. The van der Waals surface area contributed by atoms with Gasteiger partial charge in [0.2, 0.25) is 0 Å². The molecular formula is C22H20N2O3. The van der Waals surface area contributed by atoms with Crippen molar-refractivity contribution >= 4 is 12.0 Å². The molecule has 0 aromatic heterocycles. The van der Waals surface area contributed by atoms with Crippen LogP contribution in [0.25, 0.3) is 6.08 Å². The van der Waals surface area contributed by atoms with Gasteiger partial charge < -0.3 is 14.4 Å². The third-order valence-corrected chi connectivity index (χ3v) is 4.85. The van der Waals surface area contributed by atoms with E-state index in [1.165, 1.54) is 5.56 Å². The third kappa shape index (κ3) is 3.65. The maximum atomic E-state index is 12.9. The minimum absolute atomic E-state index is 0.129. The number of ether oxygens (including phenoxy) is 2. The van der Waals surface area contributed by atoms with Gasteiger partial charge in [0.15, 0.2) is 11.5 Å². The summed E-state index contributed by atoms with van der Waals surface area (Å²) in [6.07, 6.45) is 3.26. The number of amides is 1. The van der Waals surface area contributed by atoms with Crippen molar-refractivity contribution in [1.29, 1.82) is 5.26 Å². The van der Waals surface area contributed by atoms with Gasteiger partial charge in [0.05, 0.1) is 13.2 Å². The number of carbonyl (C=O) groups excluding carboxylic acids is 1. The van der Waals surface area contributed by atoms with E-state index in [1.807, 2.05) is 36.4 Å². The average Bonchev–Trinajstić information content (AvgIpc) is 2.96. The number of carbonyl (C=O) groups is 1. The molecule has 2 aromatic carbocycles. The molecule has 5 nitrogen and oxygen atoms in total. The first kappa shape index (κ1) is 17.2. The third-order valence-electron chi connectivity index (χ3n) is 4.85. The van der Waals surface area contributed by atoms with E-state index in [0.717, 1.165) is 24.0 Å². The molecule has 5 heteroatoms. The lowest BCUT2D eigenvalue weighted by Crippen LogP contribution is -2.36. The van der Waals surface area contributed by atoms with Crippen molar-refractivity contribution in [2.24, 2.45) is 0 Å². The Kier molecular flexibility index (Phi) is 4.80. The Bertz CT molecular complexity index is 943. The molecule has 2 heterocycles. The number of nitrogens with zero attached hydrogens (tertiary/aromatic N) is 2. The second-order valence-corrected chi connectivity index (χ2v) is 6.67. The number of hydrogen-bond acceptors (Lipinski definition) is 4. The van der Waals surface area contributed by atoms with Crippen LogP contribution in [0.3, 0.4) is 0 Å². The number of nitriles is 1. The van der Waals surface area contributed by atoms with Crippen molar-refractivity contribution in [1.82, 2.24) is 4.90 Å². The fourth-order valence-electron chi connectivity index (χ4n) is 3.42. The lowest BCUT2D eigenvalue weighted by atomic mass is 9.99. The highest BCUT2D eigenvalue weighted by Crippen LogP contribution is 2.31. The molecule has 27 heavy (non-hydrogen) atoms. The Morgan fingerprint density at radius 2 is 1.85 bits per heavy atom. The molecule has 2 aliphatic heterocycles.